The van der Waals surface area contributed by atoms with Crippen LogP contribution >= 0.6 is 15.9 Å². The van der Waals surface area contributed by atoms with Crippen LogP contribution in [0.4, 0.5) is 8.78 Å². The molecule has 1 aliphatic rings. The highest BCUT2D eigenvalue weighted by Gasteiger charge is 2.26. The maximum atomic E-state index is 13.7. The Morgan fingerprint density at radius 2 is 2.17 bits per heavy atom. The zero-order valence-corrected chi connectivity index (χ0v) is 11.4. The van der Waals surface area contributed by atoms with Gasteiger partial charge in [0.15, 0.2) is 0 Å². The third kappa shape index (κ3) is 2.54. The van der Waals surface area contributed by atoms with Gasteiger partial charge in [0.1, 0.15) is 11.6 Å². The molecule has 1 atom stereocenters. The number of nitrogens with one attached hydrogen (secondary N) is 1. The lowest BCUT2D eigenvalue weighted by Gasteiger charge is -2.34. The quantitative estimate of drug-likeness (QED) is 0.805. The summed E-state index contributed by atoms with van der Waals surface area (Å²) in [5.74, 6) is -1.81. The fourth-order valence-electron chi connectivity index (χ4n) is 1.98. The van der Waals surface area contributed by atoms with Gasteiger partial charge >= 0.3 is 0 Å². The van der Waals surface area contributed by atoms with Gasteiger partial charge in [-0.3, -0.25) is 4.79 Å². The van der Waals surface area contributed by atoms with Gasteiger partial charge in [-0.15, -0.1) is 0 Å². The Balaban J connectivity index is 2.30. The summed E-state index contributed by atoms with van der Waals surface area (Å²) in [6.07, 6.45) is 0. The van der Waals surface area contributed by atoms with E-state index in [-0.39, 0.29) is 16.1 Å². The number of hydrogen-bond acceptors (Lipinski definition) is 2. The van der Waals surface area contributed by atoms with Crippen LogP contribution in [0, 0.1) is 11.6 Å². The SMILES string of the molecule is C[C@@H]1CNCCN1C(=O)c1cc(F)c(Br)cc1F. The summed E-state index contributed by atoms with van der Waals surface area (Å²) >= 11 is 2.89. The van der Waals surface area contributed by atoms with Gasteiger partial charge in [0.2, 0.25) is 0 Å². The molecule has 0 radical (unpaired) electrons. The van der Waals surface area contributed by atoms with Crippen LogP contribution in [-0.2, 0) is 0 Å². The first kappa shape index (κ1) is 13.4. The lowest BCUT2D eigenvalue weighted by atomic mass is 10.1. The van der Waals surface area contributed by atoms with Crippen molar-refractivity contribution in [2.75, 3.05) is 19.6 Å². The van der Waals surface area contributed by atoms with Crippen LogP contribution < -0.4 is 5.32 Å². The minimum atomic E-state index is -0.709. The van der Waals surface area contributed by atoms with Crippen LogP contribution in [0.5, 0.6) is 0 Å². The van der Waals surface area contributed by atoms with Crippen LogP contribution in [-0.4, -0.2) is 36.5 Å². The number of rotatable bonds is 1. The van der Waals surface area contributed by atoms with E-state index in [0.29, 0.717) is 19.6 Å². The summed E-state index contributed by atoms with van der Waals surface area (Å²) in [7, 11) is 0. The zero-order chi connectivity index (χ0) is 13.3. The molecule has 18 heavy (non-hydrogen) atoms. The number of benzene rings is 1. The lowest BCUT2D eigenvalue weighted by molar-refractivity contribution is 0.0650. The number of nitrogens with zero attached hydrogens (tertiary/aromatic N) is 1. The summed E-state index contributed by atoms with van der Waals surface area (Å²) < 4.78 is 27.1. The fourth-order valence-corrected chi connectivity index (χ4v) is 2.30. The smallest absolute Gasteiger partial charge is 0.257 e. The zero-order valence-electron chi connectivity index (χ0n) is 9.84. The van der Waals surface area contributed by atoms with Gasteiger partial charge in [0.25, 0.3) is 5.91 Å². The second-order valence-corrected chi connectivity index (χ2v) is 5.15. The number of halogens is 3. The summed E-state index contributed by atoms with van der Waals surface area (Å²) in [5.41, 5.74) is -0.218. The maximum Gasteiger partial charge on any atom is 0.257 e. The topological polar surface area (TPSA) is 32.3 Å². The Bertz CT molecular complexity index is 481. The van der Waals surface area contributed by atoms with Gasteiger partial charge in [-0.05, 0) is 35.0 Å². The first-order valence-electron chi connectivity index (χ1n) is 5.67. The first-order valence-corrected chi connectivity index (χ1v) is 6.46. The molecule has 1 aromatic rings. The van der Waals surface area contributed by atoms with Gasteiger partial charge < -0.3 is 10.2 Å². The van der Waals surface area contributed by atoms with Crippen molar-refractivity contribution in [2.24, 2.45) is 0 Å². The van der Waals surface area contributed by atoms with Crippen LogP contribution in [0.3, 0.4) is 0 Å². The Labute approximate surface area is 112 Å². The molecule has 6 heteroatoms. The van der Waals surface area contributed by atoms with Crippen molar-refractivity contribution in [3.63, 3.8) is 0 Å². The highest BCUT2D eigenvalue weighted by Crippen LogP contribution is 2.21. The summed E-state index contributed by atoms with van der Waals surface area (Å²) in [6.45, 7) is 3.69. The molecule has 3 nitrogen and oxygen atoms in total. The Hall–Kier alpha value is -1.01. The van der Waals surface area contributed by atoms with Gasteiger partial charge in [-0.25, -0.2) is 8.78 Å². The summed E-state index contributed by atoms with van der Waals surface area (Å²) in [5, 5.41) is 3.14. The molecule has 1 saturated heterocycles. The van der Waals surface area contributed by atoms with Crippen LogP contribution in [0.1, 0.15) is 17.3 Å². The third-order valence-electron chi connectivity index (χ3n) is 3.00. The van der Waals surface area contributed by atoms with Crippen molar-refractivity contribution < 1.29 is 13.6 Å². The molecule has 1 aliphatic heterocycles. The summed E-state index contributed by atoms with van der Waals surface area (Å²) in [6, 6.07) is 1.89. The molecule has 1 N–H and O–H groups in total. The molecule has 0 aliphatic carbocycles. The second-order valence-electron chi connectivity index (χ2n) is 4.30. The van der Waals surface area contributed by atoms with Crippen molar-refractivity contribution in [1.82, 2.24) is 10.2 Å². The molecule has 1 amide bonds. The minimum absolute atomic E-state index is 0.0184. The molecule has 2 rings (SSSR count). The van der Waals surface area contributed by atoms with Gasteiger partial charge in [0, 0.05) is 25.7 Å². The number of carbonyl (C=O) groups excluding carboxylic acids is 1. The predicted octanol–water partition coefficient (Wildman–Crippen LogP) is 2.16. The third-order valence-corrected chi connectivity index (χ3v) is 3.61. The van der Waals surface area contributed by atoms with Crippen molar-refractivity contribution in [3.8, 4) is 0 Å². The minimum Gasteiger partial charge on any atom is -0.333 e. The molecule has 1 heterocycles. The molecular formula is C12H13BrF2N2O. The Morgan fingerprint density at radius 1 is 1.44 bits per heavy atom. The van der Waals surface area contributed by atoms with Gasteiger partial charge in [-0.1, -0.05) is 0 Å². The van der Waals surface area contributed by atoms with E-state index in [4.69, 9.17) is 0 Å². The average molecular weight is 319 g/mol. The molecule has 0 saturated carbocycles. The molecule has 0 unspecified atom stereocenters. The van der Waals surface area contributed by atoms with Crippen molar-refractivity contribution in [2.45, 2.75) is 13.0 Å². The highest BCUT2D eigenvalue weighted by molar-refractivity contribution is 9.10. The maximum absolute atomic E-state index is 13.7. The van der Waals surface area contributed by atoms with E-state index < -0.39 is 17.5 Å². The number of piperazine rings is 1. The molecule has 0 bridgehead atoms. The molecular weight excluding hydrogens is 306 g/mol. The van der Waals surface area contributed by atoms with E-state index in [1.165, 1.54) is 0 Å². The number of carbonyl (C=O) groups is 1. The van der Waals surface area contributed by atoms with E-state index in [1.807, 2.05) is 6.92 Å². The van der Waals surface area contributed by atoms with Crippen molar-refractivity contribution in [3.05, 3.63) is 33.8 Å². The van der Waals surface area contributed by atoms with Crippen LogP contribution in [0.2, 0.25) is 0 Å². The van der Waals surface area contributed by atoms with Gasteiger partial charge in [0.05, 0.1) is 10.0 Å². The monoisotopic (exact) mass is 318 g/mol. The normalized spacial score (nSPS) is 20.0. The van der Waals surface area contributed by atoms with E-state index in [9.17, 15) is 13.6 Å². The van der Waals surface area contributed by atoms with Crippen molar-refractivity contribution in [1.29, 1.82) is 0 Å². The van der Waals surface area contributed by atoms with Crippen LogP contribution in [0.15, 0.2) is 16.6 Å². The molecule has 1 aromatic carbocycles. The number of amides is 1. The standard InChI is InChI=1S/C12H13BrF2N2O/c1-7-6-16-2-3-17(7)12(18)8-4-11(15)9(13)5-10(8)14/h4-5,7,16H,2-3,6H2,1H3/t7-/m1/s1. The van der Waals surface area contributed by atoms with E-state index in [2.05, 4.69) is 21.2 Å². The molecule has 1 fully saturated rings. The number of hydrogen-bond donors (Lipinski definition) is 1. The highest BCUT2D eigenvalue weighted by atomic mass is 79.9. The fraction of sp³-hybridized carbons (Fsp3) is 0.417. The van der Waals surface area contributed by atoms with Crippen LogP contribution in [0.25, 0.3) is 0 Å². The molecule has 0 aromatic heterocycles. The average Bonchev–Trinajstić information content (AvgIpc) is 2.33. The summed E-state index contributed by atoms with van der Waals surface area (Å²) in [4.78, 5) is 13.7. The first-order chi connectivity index (χ1) is 8.50. The van der Waals surface area contributed by atoms with E-state index in [1.54, 1.807) is 4.90 Å². The Morgan fingerprint density at radius 3 is 2.83 bits per heavy atom. The molecule has 98 valence electrons. The molecule has 0 spiro atoms. The van der Waals surface area contributed by atoms with E-state index >= 15 is 0 Å². The van der Waals surface area contributed by atoms with Gasteiger partial charge in [-0.2, -0.15) is 0 Å². The second kappa shape index (κ2) is 5.32. The van der Waals surface area contributed by atoms with E-state index in [0.717, 1.165) is 12.1 Å². The predicted molar refractivity (Wildman–Crippen MR) is 67.4 cm³/mol. The Kier molecular flexibility index (Phi) is 3.97. The largest absolute Gasteiger partial charge is 0.333 e. The lowest BCUT2D eigenvalue weighted by Crippen LogP contribution is -2.52. The van der Waals surface area contributed by atoms with Crippen molar-refractivity contribution >= 4 is 21.8 Å².